The molecule has 0 unspecified atom stereocenters. The van der Waals surface area contributed by atoms with Gasteiger partial charge in [-0.15, -0.1) is 0 Å². The Morgan fingerprint density at radius 2 is 2.03 bits per heavy atom. The fourth-order valence-electron chi connectivity index (χ4n) is 4.28. The first-order valence-electron chi connectivity index (χ1n) is 11.2. The number of anilines is 2. The molecule has 2 heterocycles. The molecule has 166 valence electrons. The summed E-state index contributed by atoms with van der Waals surface area (Å²) in [5.74, 6) is 3.51. The number of halogens is 1. The molecule has 1 N–H and O–H groups in total. The third-order valence-corrected chi connectivity index (χ3v) is 6.69. The maximum atomic E-state index is 11.3. The van der Waals surface area contributed by atoms with E-state index in [9.17, 15) is 4.79 Å². The Morgan fingerprint density at radius 3 is 2.71 bits per heavy atom. The fraction of sp³-hybridized carbons (Fsp3) is 0.542. The van der Waals surface area contributed by atoms with Crippen LogP contribution < -0.4 is 15.0 Å². The number of carbonyl (C=O) groups is 1. The summed E-state index contributed by atoms with van der Waals surface area (Å²) in [6.07, 6.45) is 7.03. The van der Waals surface area contributed by atoms with Crippen LogP contribution >= 0.6 is 11.6 Å². The molecule has 1 saturated heterocycles. The topological polar surface area (TPSA) is 67.3 Å². The van der Waals surface area contributed by atoms with E-state index in [-0.39, 0.29) is 17.8 Å². The average Bonchev–Trinajstić information content (AvgIpc) is 3.16. The first-order chi connectivity index (χ1) is 15.0. The van der Waals surface area contributed by atoms with E-state index in [1.807, 2.05) is 12.1 Å². The van der Waals surface area contributed by atoms with Crippen molar-refractivity contribution in [3.05, 3.63) is 41.2 Å². The van der Waals surface area contributed by atoms with E-state index in [0.717, 1.165) is 54.9 Å². The second-order valence-electron chi connectivity index (χ2n) is 8.89. The van der Waals surface area contributed by atoms with Gasteiger partial charge in [0.25, 0.3) is 0 Å². The Kier molecular flexibility index (Phi) is 6.96. The van der Waals surface area contributed by atoms with Gasteiger partial charge in [0.05, 0.1) is 6.54 Å². The predicted octanol–water partition coefficient (Wildman–Crippen LogP) is 5.08. The van der Waals surface area contributed by atoms with Crippen molar-refractivity contribution in [2.75, 3.05) is 29.9 Å². The Balaban J connectivity index is 1.33. The maximum absolute atomic E-state index is 11.3. The summed E-state index contributed by atoms with van der Waals surface area (Å²) < 4.78 is 6.20. The number of ether oxygens (including phenoxy) is 1. The minimum atomic E-state index is 0.0814. The van der Waals surface area contributed by atoms with Gasteiger partial charge >= 0.3 is 0 Å². The lowest BCUT2D eigenvalue weighted by Gasteiger charge is -2.26. The highest BCUT2D eigenvalue weighted by Crippen LogP contribution is 2.33. The number of Topliss-reactive ketones (excluding diaryl/α,β-unsaturated/α-hetero) is 1. The smallest absolute Gasteiger partial charge is 0.153 e. The monoisotopic (exact) mass is 442 g/mol. The van der Waals surface area contributed by atoms with E-state index in [1.165, 1.54) is 19.3 Å². The summed E-state index contributed by atoms with van der Waals surface area (Å²) in [5, 5.41) is 3.98. The molecule has 0 bridgehead atoms. The van der Waals surface area contributed by atoms with Crippen LogP contribution in [0.4, 0.5) is 11.6 Å². The van der Waals surface area contributed by atoms with E-state index >= 15 is 0 Å². The van der Waals surface area contributed by atoms with Crippen LogP contribution in [-0.2, 0) is 4.79 Å². The van der Waals surface area contributed by atoms with Gasteiger partial charge in [0.15, 0.2) is 5.82 Å². The number of benzene rings is 1. The highest BCUT2D eigenvalue weighted by Gasteiger charge is 2.28. The van der Waals surface area contributed by atoms with Crippen molar-refractivity contribution in [3.63, 3.8) is 0 Å². The van der Waals surface area contributed by atoms with Gasteiger partial charge in [0, 0.05) is 25.9 Å². The van der Waals surface area contributed by atoms with Gasteiger partial charge in [0.2, 0.25) is 0 Å². The van der Waals surface area contributed by atoms with Gasteiger partial charge in [0.1, 0.15) is 34.8 Å². The third-order valence-electron chi connectivity index (χ3n) is 6.34. The van der Waals surface area contributed by atoms with Crippen LogP contribution in [0.3, 0.4) is 0 Å². The molecular weight excluding hydrogens is 412 g/mol. The van der Waals surface area contributed by atoms with Gasteiger partial charge in [-0.05, 0) is 49.3 Å². The molecule has 1 aliphatic carbocycles. The SMILES string of the molecule is CC(=O)C[C@@H](C)c1ccc(O[C@@H]2CCN(c3ncnc(NCC4CCC4)c3Cl)C2)cc1. The van der Waals surface area contributed by atoms with Crippen LogP contribution in [0.1, 0.15) is 57.4 Å². The van der Waals surface area contributed by atoms with Crippen molar-refractivity contribution in [2.45, 2.75) is 58.0 Å². The van der Waals surface area contributed by atoms with E-state index in [0.29, 0.717) is 11.4 Å². The Labute approximate surface area is 189 Å². The van der Waals surface area contributed by atoms with E-state index in [4.69, 9.17) is 16.3 Å². The zero-order valence-corrected chi connectivity index (χ0v) is 19.1. The van der Waals surface area contributed by atoms with Crippen molar-refractivity contribution in [1.29, 1.82) is 0 Å². The number of ketones is 1. The van der Waals surface area contributed by atoms with Gasteiger partial charge < -0.3 is 19.7 Å². The maximum Gasteiger partial charge on any atom is 0.153 e. The number of hydrogen-bond donors (Lipinski definition) is 1. The molecule has 0 spiro atoms. The second-order valence-corrected chi connectivity index (χ2v) is 9.27. The fourth-order valence-corrected chi connectivity index (χ4v) is 4.56. The largest absolute Gasteiger partial charge is 0.489 e. The normalized spacial score (nSPS) is 19.7. The summed E-state index contributed by atoms with van der Waals surface area (Å²) in [6, 6.07) is 8.09. The lowest BCUT2D eigenvalue weighted by atomic mass is 9.85. The lowest BCUT2D eigenvalue weighted by Crippen LogP contribution is -2.26. The minimum Gasteiger partial charge on any atom is -0.489 e. The summed E-state index contributed by atoms with van der Waals surface area (Å²) >= 11 is 6.63. The first-order valence-corrected chi connectivity index (χ1v) is 11.6. The van der Waals surface area contributed by atoms with Crippen molar-refractivity contribution < 1.29 is 9.53 Å². The molecule has 0 amide bonds. The molecule has 31 heavy (non-hydrogen) atoms. The van der Waals surface area contributed by atoms with Crippen molar-refractivity contribution in [1.82, 2.24) is 9.97 Å². The molecule has 0 radical (unpaired) electrons. The highest BCUT2D eigenvalue weighted by molar-refractivity contribution is 6.35. The second kappa shape index (κ2) is 9.86. The van der Waals surface area contributed by atoms with E-state index in [1.54, 1.807) is 13.3 Å². The zero-order chi connectivity index (χ0) is 21.8. The van der Waals surface area contributed by atoms with Gasteiger partial charge in [-0.3, -0.25) is 0 Å². The van der Waals surface area contributed by atoms with Crippen LogP contribution in [-0.4, -0.2) is 41.5 Å². The number of aromatic nitrogens is 2. The van der Waals surface area contributed by atoms with E-state index < -0.39 is 0 Å². The number of carbonyl (C=O) groups excluding carboxylic acids is 1. The van der Waals surface area contributed by atoms with Crippen molar-refractivity contribution in [3.8, 4) is 5.75 Å². The molecule has 1 aliphatic heterocycles. The number of rotatable bonds is 9. The zero-order valence-electron chi connectivity index (χ0n) is 18.3. The van der Waals surface area contributed by atoms with Crippen LogP contribution in [0, 0.1) is 5.92 Å². The molecule has 4 rings (SSSR count). The Bertz CT molecular complexity index is 901. The molecule has 1 aromatic carbocycles. The number of nitrogens with one attached hydrogen (secondary N) is 1. The molecular formula is C24H31ClN4O2. The predicted molar refractivity (Wildman–Crippen MR) is 124 cm³/mol. The molecule has 2 fully saturated rings. The first kappa shape index (κ1) is 21.9. The molecule has 1 saturated carbocycles. The van der Waals surface area contributed by atoms with Crippen LogP contribution in [0.15, 0.2) is 30.6 Å². The molecule has 2 aliphatic rings. The number of nitrogens with zero attached hydrogens (tertiary/aromatic N) is 3. The van der Waals surface area contributed by atoms with Crippen molar-refractivity contribution >= 4 is 29.0 Å². The highest BCUT2D eigenvalue weighted by atomic mass is 35.5. The Hall–Kier alpha value is -2.34. The van der Waals surface area contributed by atoms with Crippen LogP contribution in [0.2, 0.25) is 5.02 Å². The van der Waals surface area contributed by atoms with Crippen LogP contribution in [0.25, 0.3) is 0 Å². The van der Waals surface area contributed by atoms with Gasteiger partial charge in [-0.1, -0.05) is 37.1 Å². The summed E-state index contributed by atoms with van der Waals surface area (Å²) in [4.78, 5) is 22.3. The summed E-state index contributed by atoms with van der Waals surface area (Å²) in [7, 11) is 0. The summed E-state index contributed by atoms with van der Waals surface area (Å²) in [5.41, 5.74) is 1.16. The number of hydrogen-bond acceptors (Lipinski definition) is 6. The van der Waals surface area contributed by atoms with Gasteiger partial charge in [-0.25, -0.2) is 9.97 Å². The van der Waals surface area contributed by atoms with Gasteiger partial charge in [-0.2, -0.15) is 0 Å². The quantitative estimate of drug-likeness (QED) is 0.583. The van der Waals surface area contributed by atoms with Crippen LogP contribution in [0.5, 0.6) is 5.75 Å². The van der Waals surface area contributed by atoms with E-state index in [2.05, 4.69) is 39.2 Å². The summed E-state index contributed by atoms with van der Waals surface area (Å²) in [6.45, 7) is 6.21. The molecule has 7 heteroatoms. The molecule has 2 aromatic rings. The lowest BCUT2D eigenvalue weighted by molar-refractivity contribution is -0.117. The minimum absolute atomic E-state index is 0.0814. The standard InChI is InChI=1S/C24H31ClN4O2/c1-16(12-17(2)30)19-6-8-20(9-7-19)31-21-10-11-29(14-21)24-22(25)23(27-15-28-24)26-13-18-4-3-5-18/h6-9,15-16,18,21H,3-5,10-14H2,1-2H3,(H,26,27,28)/t16-,21-/m1/s1. The Morgan fingerprint density at radius 1 is 1.26 bits per heavy atom. The third kappa shape index (κ3) is 5.48. The molecule has 1 aromatic heterocycles. The molecule has 2 atom stereocenters. The van der Waals surface area contributed by atoms with Crippen molar-refractivity contribution in [2.24, 2.45) is 5.92 Å². The molecule has 6 nitrogen and oxygen atoms in total. The average molecular weight is 443 g/mol.